The van der Waals surface area contributed by atoms with Crippen molar-refractivity contribution < 1.29 is 4.79 Å². The van der Waals surface area contributed by atoms with Crippen molar-refractivity contribution in [2.75, 3.05) is 5.32 Å². The second-order valence-corrected chi connectivity index (χ2v) is 6.99. The molecule has 0 radical (unpaired) electrons. The third-order valence-electron chi connectivity index (χ3n) is 4.84. The van der Waals surface area contributed by atoms with Crippen LogP contribution in [-0.4, -0.2) is 15.7 Å². The maximum absolute atomic E-state index is 12.5. The second kappa shape index (κ2) is 9.02. The molecule has 3 aromatic carbocycles. The first-order valence-electron chi connectivity index (χ1n) is 9.79. The topological polar surface area (TPSA) is 46.9 Å². The van der Waals surface area contributed by atoms with E-state index in [0.717, 1.165) is 24.1 Å². The van der Waals surface area contributed by atoms with Crippen molar-refractivity contribution in [3.05, 3.63) is 114 Å². The Morgan fingerprint density at radius 3 is 2.00 bits per heavy atom. The number of hydrogen-bond donors (Lipinski definition) is 1. The van der Waals surface area contributed by atoms with E-state index in [1.165, 1.54) is 11.1 Å². The Labute approximate surface area is 170 Å². The summed E-state index contributed by atoms with van der Waals surface area (Å²) in [5.41, 5.74) is 4.53. The average Bonchev–Trinajstić information content (AvgIpc) is 3.22. The second-order valence-electron chi connectivity index (χ2n) is 6.99. The van der Waals surface area contributed by atoms with Crippen molar-refractivity contribution in [3.8, 4) is 5.69 Å². The van der Waals surface area contributed by atoms with Gasteiger partial charge >= 0.3 is 0 Å². The number of rotatable bonds is 7. The van der Waals surface area contributed by atoms with E-state index in [9.17, 15) is 4.79 Å². The largest absolute Gasteiger partial charge is 0.310 e. The molecule has 0 saturated carbocycles. The Morgan fingerprint density at radius 1 is 0.724 bits per heavy atom. The molecule has 4 heteroatoms. The molecule has 4 aromatic rings. The zero-order chi connectivity index (χ0) is 19.9. The van der Waals surface area contributed by atoms with Gasteiger partial charge in [-0.25, -0.2) is 4.68 Å². The zero-order valence-corrected chi connectivity index (χ0v) is 16.2. The first kappa shape index (κ1) is 18.7. The van der Waals surface area contributed by atoms with Gasteiger partial charge in [0.15, 0.2) is 0 Å². The number of carbonyl (C=O) groups is 1. The number of carbonyl (C=O) groups excluding carboxylic acids is 1. The standard InChI is InChI=1S/C25H23N3O/c29-25(27-24-17-18-26-28(24)23-9-5-2-6-10-23)19-22-15-13-21(14-16-22)12-11-20-7-3-1-4-8-20/h1-10,13-18H,11-12,19H2,(H,27,29). The predicted molar refractivity (Wildman–Crippen MR) is 116 cm³/mol. The minimum atomic E-state index is -0.0558. The number of nitrogens with zero attached hydrogens (tertiary/aromatic N) is 2. The zero-order valence-electron chi connectivity index (χ0n) is 16.2. The van der Waals surface area contributed by atoms with Crippen LogP contribution in [0.15, 0.2) is 97.2 Å². The highest BCUT2D eigenvalue weighted by Crippen LogP contribution is 2.15. The monoisotopic (exact) mass is 381 g/mol. The quantitative estimate of drug-likeness (QED) is 0.498. The smallest absolute Gasteiger partial charge is 0.229 e. The fourth-order valence-corrected chi connectivity index (χ4v) is 3.30. The van der Waals surface area contributed by atoms with Crippen LogP contribution in [0.4, 0.5) is 5.82 Å². The molecule has 4 rings (SSSR count). The fraction of sp³-hybridized carbons (Fsp3) is 0.120. The SMILES string of the molecule is O=C(Cc1ccc(CCc2ccccc2)cc1)Nc1ccnn1-c1ccccc1. The molecule has 0 aliphatic heterocycles. The number of aromatic nitrogens is 2. The van der Waals surface area contributed by atoms with Gasteiger partial charge in [-0.1, -0.05) is 72.8 Å². The maximum atomic E-state index is 12.5. The molecule has 29 heavy (non-hydrogen) atoms. The van der Waals surface area contributed by atoms with E-state index < -0.39 is 0 Å². The van der Waals surface area contributed by atoms with Crippen LogP contribution in [0.25, 0.3) is 5.69 Å². The predicted octanol–water partition coefficient (Wildman–Crippen LogP) is 4.84. The average molecular weight is 381 g/mol. The van der Waals surface area contributed by atoms with Gasteiger partial charge in [0.2, 0.25) is 5.91 Å². The summed E-state index contributed by atoms with van der Waals surface area (Å²) < 4.78 is 1.73. The molecule has 4 nitrogen and oxygen atoms in total. The van der Waals surface area contributed by atoms with Crippen molar-refractivity contribution in [2.45, 2.75) is 19.3 Å². The molecule has 0 aliphatic rings. The Balaban J connectivity index is 1.34. The summed E-state index contributed by atoms with van der Waals surface area (Å²) in [5, 5.41) is 7.27. The van der Waals surface area contributed by atoms with Crippen LogP contribution in [0.1, 0.15) is 16.7 Å². The molecule has 0 saturated heterocycles. The number of amides is 1. The highest BCUT2D eigenvalue weighted by atomic mass is 16.1. The Kier molecular flexibility index (Phi) is 5.81. The normalized spacial score (nSPS) is 10.6. The van der Waals surface area contributed by atoms with Gasteiger partial charge in [0.1, 0.15) is 5.82 Å². The summed E-state index contributed by atoms with van der Waals surface area (Å²) in [4.78, 5) is 12.5. The van der Waals surface area contributed by atoms with Gasteiger partial charge < -0.3 is 5.32 Å². The number of para-hydroxylation sites is 1. The van der Waals surface area contributed by atoms with Gasteiger partial charge in [0.25, 0.3) is 0 Å². The summed E-state index contributed by atoms with van der Waals surface area (Å²) >= 11 is 0. The fourth-order valence-electron chi connectivity index (χ4n) is 3.30. The lowest BCUT2D eigenvalue weighted by Gasteiger charge is -2.09. The molecule has 0 aliphatic carbocycles. The molecule has 0 atom stereocenters. The number of anilines is 1. The number of nitrogens with one attached hydrogen (secondary N) is 1. The van der Waals surface area contributed by atoms with E-state index in [2.05, 4.69) is 46.8 Å². The number of hydrogen-bond acceptors (Lipinski definition) is 2. The van der Waals surface area contributed by atoms with Crippen LogP contribution in [0, 0.1) is 0 Å². The summed E-state index contributed by atoms with van der Waals surface area (Å²) in [5.74, 6) is 0.611. The van der Waals surface area contributed by atoms with Gasteiger partial charge in [-0.3, -0.25) is 4.79 Å². The molecule has 1 aromatic heterocycles. The molecular weight excluding hydrogens is 358 g/mol. The number of benzene rings is 3. The molecule has 1 heterocycles. The minimum absolute atomic E-state index is 0.0558. The molecule has 0 fully saturated rings. The lowest BCUT2D eigenvalue weighted by Crippen LogP contribution is -2.17. The summed E-state index contributed by atoms with van der Waals surface area (Å²) in [7, 11) is 0. The van der Waals surface area contributed by atoms with Gasteiger partial charge in [-0.15, -0.1) is 0 Å². The molecule has 144 valence electrons. The van der Waals surface area contributed by atoms with E-state index in [1.807, 2.05) is 48.5 Å². The van der Waals surface area contributed by atoms with Gasteiger partial charge in [-0.05, 0) is 41.7 Å². The molecule has 1 amide bonds. The van der Waals surface area contributed by atoms with E-state index in [1.54, 1.807) is 16.9 Å². The molecule has 0 unspecified atom stereocenters. The lowest BCUT2D eigenvalue weighted by molar-refractivity contribution is -0.115. The van der Waals surface area contributed by atoms with Crippen molar-refractivity contribution in [3.63, 3.8) is 0 Å². The minimum Gasteiger partial charge on any atom is -0.310 e. The van der Waals surface area contributed by atoms with E-state index in [4.69, 9.17) is 0 Å². The number of aryl methyl sites for hydroxylation is 2. The Hall–Kier alpha value is -3.66. The van der Waals surface area contributed by atoms with E-state index in [-0.39, 0.29) is 5.91 Å². The van der Waals surface area contributed by atoms with Crippen LogP contribution >= 0.6 is 0 Å². The van der Waals surface area contributed by atoms with Crippen LogP contribution in [0.5, 0.6) is 0 Å². The van der Waals surface area contributed by atoms with Crippen molar-refractivity contribution in [2.24, 2.45) is 0 Å². The van der Waals surface area contributed by atoms with Crippen LogP contribution in [-0.2, 0) is 24.1 Å². The van der Waals surface area contributed by atoms with Crippen LogP contribution in [0.3, 0.4) is 0 Å². The van der Waals surface area contributed by atoms with E-state index >= 15 is 0 Å². The first-order valence-corrected chi connectivity index (χ1v) is 9.79. The highest BCUT2D eigenvalue weighted by molar-refractivity contribution is 5.91. The highest BCUT2D eigenvalue weighted by Gasteiger charge is 2.09. The maximum Gasteiger partial charge on any atom is 0.229 e. The summed E-state index contributed by atoms with van der Waals surface area (Å²) in [6, 6.07) is 30.3. The van der Waals surface area contributed by atoms with Gasteiger partial charge in [-0.2, -0.15) is 5.10 Å². The molecule has 0 spiro atoms. The van der Waals surface area contributed by atoms with Crippen LogP contribution < -0.4 is 5.32 Å². The first-order chi connectivity index (χ1) is 14.3. The third kappa shape index (κ3) is 4.99. The Morgan fingerprint density at radius 2 is 1.31 bits per heavy atom. The molecular formula is C25H23N3O. The van der Waals surface area contributed by atoms with Crippen molar-refractivity contribution >= 4 is 11.7 Å². The van der Waals surface area contributed by atoms with Crippen molar-refractivity contribution in [1.29, 1.82) is 0 Å². The van der Waals surface area contributed by atoms with Crippen molar-refractivity contribution in [1.82, 2.24) is 9.78 Å². The lowest BCUT2D eigenvalue weighted by atomic mass is 10.0. The summed E-state index contributed by atoms with van der Waals surface area (Å²) in [6.45, 7) is 0. The van der Waals surface area contributed by atoms with Gasteiger partial charge in [0.05, 0.1) is 18.3 Å². The summed E-state index contributed by atoms with van der Waals surface area (Å²) in [6.07, 6.45) is 4.03. The molecule has 1 N–H and O–H groups in total. The third-order valence-corrected chi connectivity index (χ3v) is 4.84. The molecule has 0 bridgehead atoms. The Bertz CT molecular complexity index is 1050. The van der Waals surface area contributed by atoms with Crippen LogP contribution in [0.2, 0.25) is 0 Å². The van der Waals surface area contributed by atoms with E-state index in [0.29, 0.717) is 12.2 Å². The van der Waals surface area contributed by atoms with Gasteiger partial charge in [0, 0.05) is 6.07 Å².